The number of benzene rings is 1. The molecule has 1 aromatic carbocycles. The molecule has 98 valence electrons. The van der Waals surface area contributed by atoms with Gasteiger partial charge in [-0.3, -0.25) is 4.98 Å². The third-order valence-corrected chi connectivity index (χ3v) is 3.78. The van der Waals surface area contributed by atoms with Crippen LogP contribution >= 0.6 is 0 Å². The molecule has 1 N–H and O–H groups in total. The average Bonchev–Trinajstić information content (AvgIpc) is 2.46. The molecule has 1 aliphatic heterocycles. The Kier molecular flexibility index (Phi) is 3.22. The highest BCUT2D eigenvalue weighted by Crippen LogP contribution is 2.41. The Morgan fingerprint density at radius 1 is 1.32 bits per heavy atom. The minimum Gasteiger partial charge on any atom is -0.493 e. The first-order valence-corrected chi connectivity index (χ1v) is 6.57. The number of para-hydroxylation sites is 1. The van der Waals surface area contributed by atoms with E-state index in [1.54, 1.807) is 12.4 Å². The van der Waals surface area contributed by atoms with Crippen molar-refractivity contribution < 1.29 is 9.84 Å². The molecule has 1 aromatic heterocycles. The Morgan fingerprint density at radius 3 is 3.00 bits per heavy atom. The molecule has 2 aromatic rings. The smallest absolute Gasteiger partial charge is 0.122 e. The normalized spacial score (nSPS) is 19.4. The zero-order valence-electron chi connectivity index (χ0n) is 10.9. The maximum atomic E-state index is 10.7. The number of aliphatic hydroxyl groups excluding tert-OH is 1. The van der Waals surface area contributed by atoms with Crippen LogP contribution in [0.25, 0.3) is 0 Å². The lowest BCUT2D eigenvalue weighted by atomic mass is 9.84. The van der Waals surface area contributed by atoms with E-state index in [9.17, 15) is 5.11 Å². The number of rotatable bonds is 2. The van der Waals surface area contributed by atoms with Crippen molar-refractivity contribution in [3.8, 4) is 5.75 Å². The molecule has 0 saturated heterocycles. The van der Waals surface area contributed by atoms with E-state index in [2.05, 4.69) is 4.98 Å². The van der Waals surface area contributed by atoms with Crippen molar-refractivity contribution in [3.63, 3.8) is 0 Å². The molecule has 2 unspecified atom stereocenters. The molecular weight excluding hydrogens is 238 g/mol. The first kappa shape index (κ1) is 12.2. The van der Waals surface area contributed by atoms with E-state index >= 15 is 0 Å². The molecule has 19 heavy (non-hydrogen) atoms. The van der Waals surface area contributed by atoms with Crippen LogP contribution in [0.3, 0.4) is 0 Å². The first-order chi connectivity index (χ1) is 9.27. The maximum Gasteiger partial charge on any atom is 0.122 e. The van der Waals surface area contributed by atoms with Crippen LogP contribution in [0.1, 0.15) is 35.1 Å². The van der Waals surface area contributed by atoms with Gasteiger partial charge in [0.2, 0.25) is 0 Å². The number of hydrogen-bond donors (Lipinski definition) is 1. The molecule has 2 atom stereocenters. The number of aliphatic hydroxyl groups is 1. The summed E-state index contributed by atoms with van der Waals surface area (Å²) in [5.41, 5.74) is 3.07. The van der Waals surface area contributed by atoms with Crippen molar-refractivity contribution >= 4 is 0 Å². The lowest BCUT2D eigenvalue weighted by molar-refractivity contribution is 0.116. The van der Waals surface area contributed by atoms with E-state index < -0.39 is 6.10 Å². The van der Waals surface area contributed by atoms with Gasteiger partial charge in [0.1, 0.15) is 5.75 Å². The highest BCUT2D eigenvalue weighted by Gasteiger charge is 2.29. The van der Waals surface area contributed by atoms with Crippen molar-refractivity contribution in [3.05, 3.63) is 59.4 Å². The minimum atomic E-state index is -0.529. The fourth-order valence-electron chi connectivity index (χ4n) is 2.70. The summed E-state index contributed by atoms with van der Waals surface area (Å²) in [6.07, 6.45) is 3.81. The van der Waals surface area contributed by atoms with E-state index in [1.807, 2.05) is 37.3 Å². The molecule has 0 aliphatic carbocycles. The number of aryl methyl sites for hydroxylation is 1. The van der Waals surface area contributed by atoms with Gasteiger partial charge in [0.15, 0.2) is 0 Å². The predicted molar refractivity (Wildman–Crippen MR) is 73.2 cm³/mol. The highest BCUT2D eigenvalue weighted by molar-refractivity contribution is 5.40. The van der Waals surface area contributed by atoms with Gasteiger partial charge < -0.3 is 9.84 Å². The fraction of sp³-hybridized carbons (Fsp3) is 0.312. The monoisotopic (exact) mass is 255 g/mol. The summed E-state index contributed by atoms with van der Waals surface area (Å²) in [5.74, 6) is 0.965. The van der Waals surface area contributed by atoms with Gasteiger partial charge in [0, 0.05) is 29.4 Å². The number of ether oxygens (including phenoxy) is 1. The van der Waals surface area contributed by atoms with Crippen molar-refractivity contribution in [1.82, 2.24) is 4.98 Å². The standard InChI is InChI=1S/C16H17NO2/c1-11-6-8-17-10-14(11)16(18)13-7-9-19-15-5-3-2-4-12(13)15/h2-6,8,10,13,16,18H,7,9H2,1H3. The SMILES string of the molecule is Cc1ccncc1C(O)C1CCOc2ccccc21. The summed E-state index contributed by atoms with van der Waals surface area (Å²) in [5, 5.41) is 10.7. The van der Waals surface area contributed by atoms with Gasteiger partial charge in [0.05, 0.1) is 12.7 Å². The Labute approximate surface area is 112 Å². The van der Waals surface area contributed by atoms with Gasteiger partial charge in [-0.05, 0) is 31.0 Å². The van der Waals surface area contributed by atoms with Gasteiger partial charge in [-0.1, -0.05) is 18.2 Å². The summed E-state index contributed by atoms with van der Waals surface area (Å²) in [7, 11) is 0. The van der Waals surface area contributed by atoms with Gasteiger partial charge in [-0.15, -0.1) is 0 Å². The predicted octanol–water partition coefficient (Wildman–Crippen LogP) is 2.99. The van der Waals surface area contributed by atoms with Crippen molar-refractivity contribution in [1.29, 1.82) is 0 Å². The van der Waals surface area contributed by atoms with Gasteiger partial charge in [-0.2, -0.15) is 0 Å². The van der Waals surface area contributed by atoms with Crippen LogP contribution in [0, 0.1) is 6.92 Å². The van der Waals surface area contributed by atoms with Crippen molar-refractivity contribution in [2.24, 2.45) is 0 Å². The third kappa shape index (κ3) is 2.22. The van der Waals surface area contributed by atoms with Crippen LogP contribution in [0.5, 0.6) is 5.75 Å². The molecule has 2 heterocycles. The summed E-state index contributed by atoms with van der Waals surface area (Å²) < 4.78 is 5.64. The van der Waals surface area contributed by atoms with E-state index in [0.29, 0.717) is 6.61 Å². The van der Waals surface area contributed by atoms with Crippen LogP contribution in [-0.4, -0.2) is 16.7 Å². The Hall–Kier alpha value is -1.87. The topological polar surface area (TPSA) is 42.4 Å². The van der Waals surface area contributed by atoms with Crippen LogP contribution in [0.4, 0.5) is 0 Å². The first-order valence-electron chi connectivity index (χ1n) is 6.57. The number of pyridine rings is 1. The second-order valence-corrected chi connectivity index (χ2v) is 4.96. The second kappa shape index (κ2) is 5.02. The Balaban J connectivity index is 1.98. The van der Waals surface area contributed by atoms with E-state index in [-0.39, 0.29) is 5.92 Å². The quantitative estimate of drug-likeness (QED) is 0.897. The second-order valence-electron chi connectivity index (χ2n) is 4.96. The molecule has 0 fully saturated rings. The molecule has 0 saturated carbocycles. The van der Waals surface area contributed by atoms with Crippen LogP contribution < -0.4 is 4.74 Å². The molecule has 3 rings (SSSR count). The van der Waals surface area contributed by atoms with E-state index in [1.165, 1.54) is 0 Å². The Bertz CT molecular complexity index is 582. The van der Waals surface area contributed by atoms with E-state index in [0.717, 1.165) is 28.9 Å². The van der Waals surface area contributed by atoms with Crippen molar-refractivity contribution in [2.75, 3.05) is 6.61 Å². The molecule has 1 aliphatic rings. The molecule has 3 heteroatoms. The van der Waals surface area contributed by atoms with Gasteiger partial charge in [-0.25, -0.2) is 0 Å². The average molecular weight is 255 g/mol. The van der Waals surface area contributed by atoms with Gasteiger partial charge in [0.25, 0.3) is 0 Å². The maximum absolute atomic E-state index is 10.7. The van der Waals surface area contributed by atoms with Crippen LogP contribution in [0.2, 0.25) is 0 Å². The molecule has 0 bridgehead atoms. The fourth-order valence-corrected chi connectivity index (χ4v) is 2.70. The number of aromatic nitrogens is 1. The minimum absolute atomic E-state index is 0.0767. The van der Waals surface area contributed by atoms with Crippen LogP contribution in [0.15, 0.2) is 42.7 Å². The van der Waals surface area contributed by atoms with Crippen molar-refractivity contribution in [2.45, 2.75) is 25.4 Å². The number of fused-ring (bicyclic) bond motifs is 1. The Morgan fingerprint density at radius 2 is 2.16 bits per heavy atom. The highest BCUT2D eigenvalue weighted by atomic mass is 16.5. The van der Waals surface area contributed by atoms with Crippen LogP contribution in [-0.2, 0) is 0 Å². The van der Waals surface area contributed by atoms with E-state index in [4.69, 9.17) is 4.74 Å². The molecule has 0 amide bonds. The third-order valence-electron chi connectivity index (χ3n) is 3.78. The lowest BCUT2D eigenvalue weighted by Gasteiger charge is -2.30. The van der Waals surface area contributed by atoms with Gasteiger partial charge >= 0.3 is 0 Å². The summed E-state index contributed by atoms with van der Waals surface area (Å²) in [4.78, 5) is 4.13. The molecule has 3 nitrogen and oxygen atoms in total. The summed E-state index contributed by atoms with van der Waals surface area (Å²) in [6, 6.07) is 9.88. The molecule has 0 spiro atoms. The summed E-state index contributed by atoms with van der Waals surface area (Å²) in [6.45, 7) is 2.66. The zero-order valence-corrected chi connectivity index (χ0v) is 10.9. The number of nitrogens with zero attached hydrogens (tertiary/aromatic N) is 1. The largest absolute Gasteiger partial charge is 0.493 e. The molecule has 0 radical (unpaired) electrons. The summed E-state index contributed by atoms with van der Waals surface area (Å²) >= 11 is 0. The zero-order chi connectivity index (χ0) is 13.2. The number of hydrogen-bond acceptors (Lipinski definition) is 3. The lowest BCUT2D eigenvalue weighted by Crippen LogP contribution is -2.20. The molecular formula is C16H17NO2.